The molecule has 1 atom stereocenters. The molecule has 0 fully saturated rings. The summed E-state index contributed by atoms with van der Waals surface area (Å²) in [4.78, 5) is 32.7. The van der Waals surface area contributed by atoms with Crippen molar-refractivity contribution in [2.45, 2.75) is 12.5 Å². The Balaban J connectivity index is 4.64. The van der Waals surface area contributed by atoms with Crippen LogP contribution in [0.25, 0.3) is 0 Å². The number of amides is 1. The second-order valence-electron chi connectivity index (χ2n) is 2.61. The highest BCUT2D eigenvalue weighted by Crippen LogP contribution is 2.03. The van der Waals surface area contributed by atoms with Gasteiger partial charge in [0.25, 0.3) is 0 Å². The molecule has 0 unspecified atom stereocenters. The van der Waals surface area contributed by atoms with Crippen molar-refractivity contribution in [3.05, 3.63) is 12.7 Å². The van der Waals surface area contributed by atoms with E-state index in [2.05, 4.69) is 6.58 Å². The van der Waals surface area contributed by atoms with E-state index in [-0.39, 0.29) is 0 Å². The summed E-state index contributed by atoms with van der Waals surface area (Å²) in [5.74, 6) is -3.26. The van der Waals surface area contributed by atoms with Crippen molar-refractivity contribution >= 4 is 17.8 Å². The minimum absolute atomic E-state index is 0.626. The number of carboxylic acid groups (broad SMARTS) is 2. The standard InChI is InChI=1S/C8H11NO5/c1-3-6(10)9(2)5(8(13)14)4-7(11)12/h3,5H,1,4H2,2H3,(H,11,12)(H,13,14)/t5-/m0/s1. The fourth-order valence-corrected chi connectivity index (χ4v) is 0.853. The van der Waals surface area contributed by atoms with Crippen LogP contribution in [0.1, 0.15) is 6.42 Å². The number of carbonyl (C=O) groups excluding carboxylic acids is 1. The molecule has 6 nitrogen and oxygen atoms in total. The number of hydrogen-bond donors (Lipinski definition) is 2. The van der Waals surface area contributed by atoms with Crippen LogP contribution in [0.3, 0.4) is 0 Å². The minimum Gasteiger partial charge on any atom is -0.481 e. The van der Waals surface area contributed by atoms with Crippen LogP contribution in [0.5, 0.6) is 0 Å². The molecular formula is C8H11NO5. The second-order valence-corrected chi connectivity index (χ2v) is 2.61. The summed E-state index contributed by atoms with van der Waals surface area (Å²) in [6.07, 6.45) is 0.295. The van der Waals surface area contributed by atoms with Gasteiger partial charge in [0.1, 0.15) is 6.04 Å². The Morgan fingerprint density at radius 2 is 1.93 bits per heavy atom. The number of carbonyl (C=O) groups is 3. The van der Waals surface area contributed by atoms with Gasteiger partial charge in [-0.15, -0.1) is 0 Å². The topological polar surface area (TPSA) is 94.9 Å². The molecule has 0 radical (unpaired) electrons. The molecule has 0 aromatic heterocycles. The molecule has 0 aliphatic heterocycles. The number of hydrogen-bond acceptors (Lipinski definition) is 3. The van der Waals surface area contributed by atoms with Gasteiger partial charge in [0.05, 0.1) is 6.42 Å². The first-order valence-corrected chi connectivity index (χ1v) is 3.74. The zero-order valence-electron chi connectivity index (χ0n) is 7.64. The second kappa shape index (κ2) is 5.00. The van der Waals surface area contributed by atoms with Crippen LogP contribution in [-0.4, -0.2) is 46.0 Å². The highest BCUT2D eigenvalue weighted by Gasteiger charge is 2.27. The Kier molecular flexibility index (Phi) is 4.34. The lowest BCUT2D eigenvalue weighted by Gasteiger charge is -2.21. The molecule has 2 N–H and O–H groups in total. The van der Waals surface area contributed by atoms with Crippen molar-refractivity contribution in [3.8, 4) is 0 Å². The summed E-state index contributed by atoms with van der Waals surface area (Å²) >= 11 is 0. The predicted molar refractivity (Wildman–Crippen MR) is 46.6 cm³/mol. The lowest BCUT2D eigenvalue weighted by molar-refractivity contribution is -0.152. The number of aliphatic carboxylic acids is 2. The molecule has 0 aromatic carbocycles. The third kappa shape index (κ3) is 3.26. The Morgan fingerprint density at radius 1 is 1.43 bits per heavy atom. The average Bonchev–Trinajstić information content (AvgIpc) is 2.11. The molecule has 0 saturated heterocycles. The molecule has 0 aromatic rings. The summed E-state index contributed by atoms with van der Waals surface area (Å²) in [6.45, 7) is 3.17. The van der Waals surface area contributed by atoms with Crippen LogP contribution < -0.4 is 0 Å². The minimum atomic E-state index is -1.36. The molecule has 0 aliphatic carbocycles. The first-order chi connectivity index (χ1) is 6.40. The molecule has 0 heterocycles. The van der Waals surface area contributed by atoms with Crippen molar-refractivity contribution in [1.29, 1.82) is 0 Å². The van der Waals surface area contributed by atoms with Gasteiger partial charge in [-0.25, -0.2) is 4.79 Å². The van der Waals surface area contributed by atoms with Crippen LogP contribution in [0, 0.1) is 0 Å². The predicted octanol–water partition coefficient (Wildman–Crippen LogP) is -0.441. The number of carboxylic acids is 2. The molecule has 0 spiro atoms. The van der Waals surface area contributed by atoms with Gasteiger partial charge in [-0.05, 0) is 6.08 Å². The van der Waals surface area contributed by atoms with Crippen molar-refractivity contribution in [2.75, 3.05) is 7.05 Å². The highest BCUT2D eigenvalue weighted by atomic mass is 16.4. The fourth-order valence-electron chi connectivity index (χ4n) is 0.853. The number of rotatable bonds is 5. The van der Waals surface area contributed by atoms with Crippen molar-refractivity contribution < 1.29 is 24.6 Å². The van der Waals surface area contributed by atoms with Crippen LogP contribution in [0.2, 0.25) is 0 Å². The van der Waals surface area contributed by atoms with Crippen LogP contribution >= 0.6 is 0 Å². The Labute approximate surface area is 80.4 Å². The molecule has 0 rings (SSSR count). The molecule has 1 amide bonds. The van der Waals surface area contributed by atoms with Crippen LogP contribution in [-0.2, 0) is 14.4 Å². The maximum Gasteiger partial charge on any atom is 0.327 e. The van der Waals surface area contributed by atoms with Crippen LogP contribution in [0.4, 0.5) is 0 Å². The van der Waals surface area contributed by atoms with Gasteiger partial charge in [-0.1, -0.05) is 6.58 Å². The molecule has 6 heteroatoms. The lowest BCUT2D eigenvalue weighted by Crippen LogP contribution is -2.42. The third-order valence-corrected chi connectivity index (χ3v) is 1.64. The first kappa shape index (κ1) is 12.2. The lowest BCUT2D eigenvalue weighted by atomic mass is 10.2. The summed E-state index contributed by atoms with van der Waals surface area (Å²) in [5.41, 5.74) is 0. The van der Waals surface area contributed by atoms with Gasteiger partial charge < -0.3 is 15.1 Å². The first-order valence-electron chi connectivity index (χ1n) is 3.74. The van der Waals surface area contributed by atoms with E-state index in [0.717, 1.165) is 11.0 Å². The maximum atomic E-state index is 11.0. The molecule has 0 aliphatic rings. The smallest absolute Gasteiger partial charge is 0.327 e. The van der Waals surface area contributed by atoms with Gasteiger partial charge in [-0.2, -0.15) is 0 Å². The van der Waals surface area contributed by atoms with Crippen molar-refractivity contribution in [2.24, 2.45) is 0 Å². The Hall–Kier alpha value is -1.85. The van der Waals surface area contributed by atoms with E-state index >= 15 is 0 Å². The summed E-state index contributed by atoms with van der Waals surface area (Å²) in [5, 5.41) is 17.1. The van der Waals surface area contributed by atoms with E-state index in [1.54, 1.807) is 0 Å². The van der Waals surface area contributed by atoms with E-state index < -0.39 is 30.3 Å². The average molecular weight is 201 g/mol. The molecule has 78 valence electrons. The van der Waals surface area contributed by atoms with Gasteiger partial charge in [0.2, 0.25) is 5.91 Å². The van der Waals surface area contributed by atoms with Crippen LogP contribution in [0.15, 0.2) is 12.7 Å². The fraction of sp³-hybridized carbons (Fsp3) is 0.375. The monoisotopic (exact) mass is 201 g/mol. The van der Waals surface area contributed by atoms with E-state index in [9.17, 15) is 14.4 Å². The summed E-state index contributed by atoms with van der Waals surface area (Å²) < 4.78 is 0. The van der Waals surface area contributed by atoms with Crippen molar-refractivity contribution in [1.82, 2.24) is 4.90 Å². The quantitative estimate of drug-likeness (QED) is 0.588. The van der Waals surface area contributed by atoms with E-state index in [0.29, 0.717) is 0 Å². The highest BCUT2D eigenvalue weighted by molar-refractivity contribution is 5.91. The number of nitrogens with zero attached hydrogens (tertiary/aromatic N) is 1. The third-order valence-electron chi connectivity index (χ3n) is 1.64. The maximum absolute atomic E-state index is 11.0. The largest absolute Gasteiger partial charge is 0.481 e. The molecule has 0 bridgehead atoms. The van der Waals surface area contributed by atoms with Gasteiger partial charge in [0, 0.05) is 7.05 Å². The molecular weight excluding hydrogens is 190 g/mol. The van der Waals surface area contributed by atoms with Gasteiger partial charge in [-0.3, -0.25) is 9.59 Å². The summed E-state index contributed by atoms with van der Waals surface area (Å²) in [6, 6.07) is -1.36. The number of likely N-dealkylation sites (N-methyl/N-ethyl adjacent to an activating group) is 1. The normalized spacial score (nSPS) is 11.5. The van der Waals surface area contributed by atoms with E-state index in [4.69, 9.17) is 10.2 Å². The van der Waals surface area contributed by atoms with Gasteiger partial charge >= 0.3 is 11.9 Å². The Morgan fingerprint density at radius 3 is 2.21 bits per heavy atom. The SMILES string of the molecule is C=CC(=O)N(C)[C@@H](CC(=O)O)C(=O)O. The van der Waals surface area contributed by atoms with E-state index in [1.807, 2.05) is 0 Å². The Bertz CT molecular complexity index is 273. The summed E-state index contributed by atoms with van der Waals surface area (Å²) in [7, 11) is 1.21. The van der Waals surface area contributed by atoms with E-state index in [1.165, 1.54) is 7.05 Å². The zero-order chi connectivity index (χ0) is 11.3. The van der Waals surface area contributed by atoms with Gasteiger partial charge in [0.15, 0.2) is 0 Å². The molecule has 14 heavy (non-hydrogen) atoms. The van der Waals surface area contributed by atoms with Crippen molar-refractivity contribution in [3.63, 3.8) is 0 Å². The zero-order valence-corrected chi connectivity index (χ0v) is 7.64. The molecule has 0 saturated carbocycles.